The monoisotopic (exact) mass is 309 g/mol. The van der Waals surface area contributed by atoms with Gasteiger partial charge < -0.3 is 9.84 Å². The molecule has 0 amide bonds. The highest BCUT2D eigenvalue weighted by atomic mass is 32.2. The third kappa shape index (κ3) is 6.85. The standard InChI is InChI=1S/C12H23NO6S/c1-8(11(16)19-5)20(17,18)13-9(6-10(14)15)7-12(2,3)4/h8-9,13H,6-7H2,1-5H3,(H,14,15). The van der Waals surface area contributed by atoms with E-state index in [1.54, 1.807) is 0 Å². The lowest BCUT2D eigenvalue weighted by molar-refractivity contribution is -0.140. The Kier molecular flexibility index (Phi) is 6.63. The number of methoxy groups -OCH3 is 1. The SMILES string of the molecule is COC(=O)C(C)S(=O)(=O)NC(CC(=O)O)CC(C)(C)C. The molecule has 118 valence electrons. The number of aliphatic carboxylic acids is 1. The number of hydrogen-bond acceptors (Lipinski definition) is 5. The summed E-state index contributed by atoms with van der Waals surface area (Å²) in [6.45, 7) is 6.82. The number of hydrogen-bond donors (Lipinski definition) is 2. The van der Waals surface area contributed by atoms with Crippen molar-refractivity contribution in [2.75, 3.05) is 7.11 Å². The Labute approximate surface area is 119 Å². The minimum Gasteiger partial charge on any atom is -0.481 e. The van der Waals surface area contributed by atoms with E-state index in [9.17, 15) is 18.0 Å². The van der Waals surface area contributed by atoms with E-state index in [0.717, 1.165) is 7.11 Å². The smallest absolute Gasteiger partial charge is 0.325 e. The highest BCUT2D eigenvalue weighted by molar-refractivity contribution is 7.90. The first kappa shape index (κ1) is 18.9. The summed E-state index contributed by atoms with van der Waals surface area (Å²) in [7, 11) is -2.88. The fraction of sp³-hybridized carbons (Fsp3) is 0.833. The molecule has 0 aliphatic rings. The molecule has 2 unspecified atom stereocenters. The second-order valence-corrected chi connectivity index (χ2v) is 7.92. The summed E-state index contributed by atoms with van der Waals surface area (Å²) >= 11 is 0. The van der Waals surface area contributed by atoms with Crippen LogP contribution < -0.4 is 4.72 Å². The van der Waals surface area contributed by atoms with Crippen molar-refractivity contribution in [3.05, 3.63) is 0 Å². The van der Waals surface area contributed by atoms with E-state index in [1.807, 2.05) is 20.8 Å². The lowest BCUT2D eigenvalue weighted by atomic mass is 9.87. The molecule has 0 heterocycles. The number of rotatable bonds is 7. The Morgan fingerprint density at radius 2 is 1.80 bits per heavy atom. The number of carboxylic acids is 1. The first-order valence-corrected chi connectivity index (χ1v) is 7.74. The van der Waals surface area contributed by atoms with E-state index in [4.69, 9.17) is 5.11 Å². The van der Waals surface area contributed by atoms with Crippen molar-refractivity contribution >= 4 is 22.0 Å². The van der Waals surface area contributed by atoms with Gasteiger partial charge in [0, 0.05) is 6.04 Å². The molecule has 0 aliphatic carbocycles. The van der Waals surface area contributed by atoms with Crippen LogP contribution in [0.1, 0.15) is 40.5 Å². The second kappa shape index (κ2) is 7.03. The molecule has 0 radical (unpaired) electrons. The van der Waals surface area contributed by atoms with Gasteiger partial charge in [-0.25, -0.2) is 13.1 Å². The summed E-state index contributed by atoms with van der Waals surface area (Å²) < 4.78 is 30.7. The Morgan fingerprint density at radius 1 is 1.30 bits per heavy atom. The molecule has 0 rings (SSSR count). The zero-order valence-corrected chi connectivity index (χ0v) is 13.3. The van der Waals surface area contributed by atoms with E-state index in [2.05, 4.69) is 9.46 Å². The Morgan fingerprint density at radius 3 is 2.15 bits per heavy atom. The maximum atomic E-state index is 12.0. The molecule has 2 atom stereocenters. The van der Waals surface area contributed by atoms with Crippen LogP contribution in [0.15, 0.2) is 0 Å². The minimum atomic E-state index is -3.98. The normalized spacial score (nSPS) is 15.4. The van der Waals surface area contributed by atoms with Gasteiger partial charge in [0.25, 0.3) is 0 Å². The Bertz CT molecular complexity index is 451. The number of carbonyl (C=O) groups is 2. The van der Waals surface area contributed by atoms with Crippen molar-refractivity contribution in [3.63, 3.8) is 0 Å². The summed E-state index contributed by atoms with van der Waals surface area (Å²) in [4.78, 5) is 22.1. The van der Waals surface area contributed by atoms with Gasteiger partial charge in [0.15, 0.2) is 5.25 Å². The van der Waals surface area contributed by atoms with Crippen molar-refractivity contribution in [2.45, 2.75) is 51.8 Å². The van der Waals surface area contributed by atoms with E-state index in [0.29, 0.717) is 6.42 Å². The van der Waals surface area contributed by atoms with Gasteiger partial charge in [0.1, 0.15) is 0 Å². The molecule has 0 saturated heterocycles. The second-order valence-electron chi connectivity index (χ2n) is 5.89. The molecule has 7 nitrogen and oxygen atoms in total. The van der Waals surface area contributed by atoms with Crippen molar-refractivity contribution in [1.82, 2.24) is 4.72 Å². The van der Waals surface area contributed by atoms with Crippen molar-refractivity contribution in [1.29, 1.82) is 0 Å². The minimum absolute atomic E-state index is 0.253. The predicted molar refractivity (Wildman–Crippen MR) is 73.6 cm³/mol. The van der Waals surface area contributed by atoms with Crippen LogP contribution in [0.4, 0.5) is 0 Å². The topological polar surface area (TPSA) is 110 Å². The van der Waals surface area contributed by atoms with E-state index < -0.39 is 33.3 Å². The maximum Gasteiger partial charge on any atom is 0.325 e. The quantitative estimate of drug-likeness (QED) is 0.671. The zero-order chi connectivity index (χ0) is 16.1. The molecule has 2 N–H and O–H groups in total. The lowest BCUT2D eigenvalue weighted by Crippen LogP contribution is -2.45. The van der Waals surface area contributed by atoms with Crippen LogP contribution in [0.25, 0.3) is 0 Å². The Hall–Kier alpha value is -1.15. The maximum absolute atomic E-state index is 12.0. The van der Waals surface area contributed by atoms with Gasteiger partial charge >= 0.3 is 11.9 Å². The van der Waals surface area contributed by atoms with Crippen molar-refractivity contribution < 1.29 is 27.9 Å². The third-order valence-electron chi connectivity index (χ3n) is 2.61. The molecule has 20 heavy (non-hydrogen) atoms. The van der Waals surface area contributed by atoms with E-state index in [1.165, 1.54) is 6.92 Å². The molecule has 8 heteroatoms. The van der Waals surface area contributed by atoms with Crippen LogP contribution in [-0.2, 0) is 24.3 Å². The van der Waals surface area contributed by atoms with Crippen molar-refractivity contribution in [2.24, 2.45) is 5.41 Å². The fourth-order valence-corrected chi connectivity index (χ4v) is 2.92. The average molecular weight is 309 g/mol. The zero-order valence-electron chi connectivity index (χ0n) is 12.5. The Balaban J connectivity index is 5.05. The van der Waals surface area contributed by atoms with Crippen LogP contribution in [0, 0.1) is 5.41 Å². The molecule has 0 spiro atoms. The van der Waals surface area contributed by atoms with Crippen LogP contribution in [0.5, 0.6) is 0 Å². The van der Waals surface area contributed by atoms with Gasteiger partial charge in [0.05, 0.1) is 13.5 Å². The van der Waals surface area contributed by atoms with Gasteiger partial charge in [-0.3, -0.25) is 9.59 Å². The van der Waals surface area contributed by atoms with Crippen LogP contribution in [0.2, 0.25) is 0 Å². The molecule has 0 aliphatic heterocycles. The van der Waals surface area contributed by atoms with Gasteiger partial charge in [-0.2, -0.15) is 0 Å². The summed E-state index contributed by atoms with van der Waals surface area (Å²) in [6.07, 6.45) is -0.00316. The number of carbonyl (C=O) groups excluding carboxylic acids is 1. The molecular weight excluding hydrogens is 286 g/mol. The molecule has 0 aromatic heterocycles. The number of nitrogens with one attached hydrogen (secondary N) is 1. The average Bonchev–Trinajstić information content (AvgIpc) is 2.22. The molecular formula is C12H23NO6S. The lowest BCUT2D eigenvalue weighted by Gasteiger charge is -2.26. The summed E-state index contributed by atoms with van der Waals surface area (Å²) in [5, 5.41) is 7.46. The predicted octanol–water partition coefficient (Wildman–Crippen LogP) is 0.747. The van der Waals surface area contributed by atoms with Gasteiger partial charge in [-0.05, 0) is 18.8 Å². The highest BCUT2D eigenvalue weighted by Gasteiger charge is 2.33. The molecule has 0 aromatic carbocycles. The summed E-state index contributed by atoms with van der Waals surface area (Å²) in [5.74, 6) is -1.99. The summed E-state index contributed by atoms with van der Waals surface area (Å²) in [5.41, 5.74) is -0.253. The number of ether oxygens (including phenoxy) is 1. The third-order valence-corrected chi connectivity index (χ3v) is 4.39. The number of sulfonamides is 1. The van der Waals surface area contributed by atoms with Gasteiger partial charge in [0.2, 0.25) is 10.0 Å². The van der Waals surface area contributed by atoms with E-state index in [-0.39, 0.29) is 11.8 Å². The van der Waals surface area contributed by atoms with Crippen LogP contribution in [-0.4, -0.2) is 43.9 Å². The highest BCUT2D eigenvalue weighted by Crippen LogP contribution is 2.23. The molecule has 0 bridgehead atoms. The molecule has 0 fully saturated rings. The van der Waals surface area contributed by atoms with E-state index >= 15 is 0 Å². The fourth-order valence-electron chi connectivity index (χ4n) is 1.73. The molecule has 0 aromatic rings. The largest absolute Gasteiger partial charge is 0.481 e. The first-order valence-electron chi connectivity index (χ1n) is 6.20. The molecule has 0 saturated carbocycles. The summed E-state index contributed by atoms with van der Waals surface area (Å²) in [6, 6.07) is -0.774. The van der Waals surface area contributed by atoms with Gasteiger partial charge in [-0.1, -0.05) is 20.8 Å². The first-order chi connectivity index (χ1) is 8.89. The van der Waals surface area contributed by atoms with Crippen molar-refractivity contribution in [3.8, 4) is 0 Å². The van der Waals surface area contributed by atoms with Crippen LogP contribution >= 0.6 is 0 Å². The van der Waals surface area contributed by atoms with Gasteiger partial charge in [-0.15, -0.1) is 0 Å². The number of carboxylic acid groups (broad SMARTS) is 1. The van der Waals surface area contributed by atoms with Crippen LogP contribution in [0.3, 0.4) is 0 Å². The number of esters is 1.